The van der Waals surface area contributed by atoms with Crippen LogP contribution in [0, 0.1) is 5.92 Å². The lowest BCUT2D eigenvalue weighted by Crippen LogP contribution is -2.46. The number of carbonyl (C=O) groups excluding carboxylic acids is 1. The third-order valence-electron chi connectivity index (χ3n) is 3.57. The molecule has 88 valence electrons. The normalized spacial score (nSPS) is 24.1. The standard InChI is InChI=1S/C12H23NO2/c1-3-12(15,4-2)10-13-7-5-6-11(8-13)9-14/h9,11,15H,3-8,10H2,1-2H3. The molecule has 1 fully saturated rings. The molecule has 0 spiro atoms. The summed E-state index contributed by atoms with van der Waals surface area (Å²) in [6.45, 7) is 6.60. The van der Waals surface area contributed by atoms with E-state index in [0.29, 0.717) is 6.54 Å². The van der Waals surface area contributed by atoms with E-state index in [1.54, 1.807) is 0 Å². The molecule has 1 unspecified atom stereocenters. The van der Waals surface area contributed by atoms with Crippen molar-refractivity contribution in [2.75, 3.05) is 19.6 Å². The fraction of sp³-hybridized carbons (Fsp3) is 0.917. The maximum absolute atomic E-state index is 10.7. The van der Waals surface area contributed by atoms with E-state index in [2.05, 4.69) is 4.90 Å². The molecule has 0 aliphatic carbocycles. The summed E-state index contributed by atoms with van der Waals surface area (Å²) in [6, 6.07) is 0. The Morgan fingerprint density at radius 2 is 2.13 bits per heavy atom. The van der Waals surface area contributed by atoms with Crippen LogP contribution in [-0.4, -0.2) is 41.5 Å². The smallest absolute Gasteiger partial charge is 0.124 e. The largest absolute Gasteiger partial charge is 0.389 e. The summed E-state index contributed by atoms with van der Waals surface area (Å²) in [5.74, 6) is 0.178. The Morgan fingerprint density at radius 1 is 1.47 bits per heavy atom. The predicted molar refractivity (Wildman–Crippen MR) is 60.8 cm³/mol. The molecule has 1 saturated heterocycles. The minimum atomic E-state index is -0.565. The Hall–Kier alpha value is -0.410. The summed E-state index contributed by atoms with van der Waals surface area (Å²) in [7, 11) is 0. The second-order valence-corrected chi connectivity index (χ2v) is 4.70. The highest BCUT2D eigenvalue weighted by atomic mass is 16.3. The second-order valence-electron chi connectivity index (χ2n) is 4.70. The quantitative estimate of drug-likeness (QED) is 0.703. The van der Waals surface area contributed by atoms with Crippen molar-refractivity contribution in [3.8, 4) is 0 Å². The first-order valence-corrected chi connectivity index (χ1v) is 6.03. The van der Waals surface area contributed by atoms with Crippen molar-refractivity contribution in [2.24, 2.45) is 5.92 Å². The van der Waals surface area contributed by atoms with Gasteiger partial charge in [-0.15, -0.1) is 0 Å². The molecule has 1 heterocycles. The monoisotopic (exact) mass is 213 g/mol. The molecule has 0 saturated carbocycles. The van der Waals surface area contributed by atoms with Crippen molar-refractivity contribution in [3.63, 3.8) is 0 Å². The number of β-amino-alcohol motifs (C(OH)–C–C–N with tert-alkyl or cyclic N) is 1. The number of rotatable bonds is 5. The van der Waals surface area contributed by atoms with Crippen LogP contribution < -0.4 is 0 Å². The highest BCUT2D eigenvalue weighted by Gasteiger charge is 2.28. The van der Waals surface area contributed by atoms with Crippen LogP contribution in [0.3, 0.4) is 0 Å². The topological polar surface area (TPSA) is 40.5 Å². The number of nitrogens with zero attached hydrogens (tertiary/aromatic N) is 1. The molecule has 0 aromatic rings. The molecule has 0 aromatic heterocycles. The van der Waals surface area contributed by atoms with E-state index < -0.39 is 5.60 Å². The third kappa shape index (κ3) is 3.58. The lowest BCUT2D eigenvalue weighted by atomic mass is 9.93. The molecule has 1 rings (SSSR count). The summed E-state index contributed by atoms with van der Waals surface area (Å²) >= 11 is 0. The van der Waals surface area contributed by atoms with Crippen molar-refractivity contribution >= 4 is 6.29 Å². The molecule has 0 amide bonds. The van der Waals surface area contributed by atoms with Gasteiger partial charge >= 0.3 is 0 Å². The number of likely N-dealkylation sites (tertiary alicyclic amines) is 1. The molecular weight excluding hydrogens is 190 g/mol. The van der Waals surface area contributed by atoms with Gasteiger partial charge in [-0.05, 0) is 32.2 Å². The van der Waals surface area contributed by atoms with Gasteiger partial charge in [-0.2, -0.15) is 0 Å². The van der Waals surface area contributed by atoms with E-state index in [0.717, 1.165) is 45.1 Å². The number of piperidine rings is 1. The zero-order valence-electron chi connectivity index (χ0n) is 9.91. The van der Waals surface area contributed by atoms with Crippen LogP contribution in [0.5, 0.6) is 0 Å². The third-order valence-corrected chi connectivity index (χ3v) is 3.57. The van der Waals surface area contributed by atoms with Crippen LogP contribution in [0.25, 0.3) is 0 Å². The maximum atomic E-state index is 10.7. The maximum Gasteiger partial charge on any atom is 0.124 e. The number of carbonyl (C=O) groups is 1. The van der Waals surface area contributed by atoms with E-state index in [9.17, 15) is 9.90 Å². The molecular formula is C12H23NO2. The summed E-state index contributed by atoms with van der Waals surface area (Å²) in [6.07, 6.45) is 4.71. The van der Waals surface area contributed by atoms with Gasteiger partial charge in [0.1, 0.15) is 6.29 Å². The van der Waals surface area contributed by atoms with Gasteiger partial charge in [-0.3, -0.25) is 4.90 Å². The minimum absolute atomic E-state index is 0.178. The predicted octanol–water partition coefficient (Wildman–Crippen LogP) is 1.45. The Kier molecular flexibility index (Phi) is 4.74. The molecule has 1 atom stereocenters. The molecule has 1 aliphatic rings. The first-order valence-electron chi connectivity index (χ1n) is 6.03. The lowest BCUT2D eigenvalue weighted by molar-refractivity contribution is -0.113. The van der Waals surface area contributed by atoms with Crippen LogP contribution in [0.1, 0.15) is 39.5 Å². The van der Waals surface area contributed by atoms with Gasteiger partial charge in [0.15, 0.2) is 0 Å². The van der Waals surface area contributed by atoms with E-state index in [1.807, 2.05) is 13.8 Å². The van der Waals surface area contributed by atoms with E-state index in [1.165, 1.54) is 0 Å². The highest BCUT2D eigenvalue weighted by Crippen LogP contribution is 2.21. The van der Waals surface area contributed by atoms with Crippen molar-refractivity contribution in [2.45, 2.75) is 45.1 Å². The van der Waals surface area contributed by atoms with Crippen LogP contribution in [0.15, 0.2) is 0 Å². The lowest BCUT2D eigenvalue weighted by Gasteiger charge is -2.36. The average molecular weight is 213 g/mol. The molecule has 0 bridgehead atoms. The minimum Gasteiger partial charge on any atom is -0.389 e. The molecule has 0 radical (unpaired) electrons. The van der Waals surface area contributed by atoms with E-state index in [-0.39, 0.29) is 5.92 Å². The van der Waals surface area contributed by atoms with Gasteiger partial charge < -0.3 is 9.90 Å². The van der Waals surface area contributed by atoms with Crippen molar-refractivity contribution in [1.82, 2.24) is 4.90 Å². The SMILES string of the molecule is CCC(O)(CC)CN1CCCC(C=O)C1. The van der Waals surface area contributed by atoms with E-state index >= 15 is 0 Å². The summed E-state index contributed by atoms with van der Waals surface area (Å²) in [5.41, 5.74) is -0.565. The Labute approximate surface area is 92.5 Å². The van der Waals surface area contributed by atoms with Gasteiger partial charge in [0, 0.05) is 19.0 Å². The van der Waals surface area contributed by atoms with Crippen LogP contribution in [0.2, 0.25) is 0 Å². The molecule has 0 aromatic carbocycles. The average Bonchev–Trinajstić information content (AvgIpc) is 2.29. The summed E-state index contributed by atoms with van der Waals surface area (Å²) in [5, 5.41) is 10.2. The number of hydrogen-bond acceptors (Lipinski definition) is 3. The fourth-order valence-electron chi connectivity index (χ4n) is 2.24. The van der Waals surface area contributed by atoms with Crippen molar-refractivity contribution < 1.29 is 9.90 Å². The van der Waals surface area contributed by atoms with Crippen molar-refractivity contribution in [3.05, 3.63) is 0 Å². The first kappa shape index (κ1) is 12.7. The molecule has 15 heavy (non-hydrogen) atoms. The first-order chi connectivity index (χ1) is 7.13. The molecule has 3 heteroatoms. The Balaban J connectivity index is 2.46. The number of hydrogen-bond donors (Lipinski definition) is 1. The van der Waals surface area contributed by atoms with E-state index in [4.69, 9.17) is 0 Å². The number of aliphatic hydroxyl groups is 1. The van der Waals surface area contributed by atoms with Gasteiger partial charge in [-0.25, -0.2) is 0 Å². The number of aldehydes is 1. The highest BCUT2D eigenvalue weighted by molar-refractivity contribution is 5.53. The van der Waals surface area contributed by atoms with Gasteiger partial charge in [0.25, 0.3) is 0 Å². The van der Waals surface area contributed by atoms with Gasteiger partial charge in [-0.1, -0.05) is 13.8 Å². The van der Waals surface area contributed by atoms with Crippen LogP contribution in [-0.2, 0) is 4.79 Å². The Bertz CT molecular complexity index is 202. The summed E-state index contributed by atoms with van der Waals surface area (Å²) in [4.78, 5) is 13.0. The van der Waals surface area contributed by atoms with Crippen LogP contribution in [0.4, 0.5) is 0 Å². The Morgan fingerprint density at radius 3 is 2.67 bits per heavy atom. The van der Waals surface area contributed by atoms with Crippen LogP contribution >= 0.6 is 0 Å². The second kappa shape index (κ2) is 5.61. The zero-order chi connectivity index (χ0) is 11.3. The molecule has 3 nitrogen and oxygen atoms in total. The molecule has 1 aliphatic heterocycles. The van der Waals surface area contributed by atoms with Crippen molar-refractivity contribution in [1.29, 1.82) is 0 Å². The van der Waals surface area contributed by atoms with Gasteiger partial charge in [0.2, 0.25) is 0 Å². The summed E-state index contributed by atoms with van der Waals surface area (Å²) < 4.78 is 0. The molecule has 1 N–H and O–H groups in total. The van der Waals surface area contributed by atoms with Gasteiger partial charge in [0.05, 0.1) is 5.60 Å². The zero-order valence-corrected chi connectivity index (χ0v) is 9.91. The fourth-order valence-corrected chi connectivity index (χ4v) is 2.24.